The van der Waals surface area contributed by atoms with Gasteiger partial charge in [0, 0.05) is 12.2 Å². The van der Waals surface area contributed by atoms with E-state index in [1.165, 1.54) is 6.26 Å². The number of fused-ring (bicyclic) bond motifs is 3. The minimum atomic E-state index is -0.349. The van der Waals surface area contributed by atoms with Crippen molar-refractivity contribution in [3.05, 3.63) is 102 Å². The summed E-state index contributed by atoms with van der Waals surface area (Å²) in [7, 11) is 1.63. The summed E-state index contributed by atoms with van der Waals surface area (Å²) in [5.74, 6) is 0.615. The standard InChI is InChI=1S/C28H25N3O4/c1-34-21-14-10-19(11-15-21)27-24-8-4-16-29(24)22-6-2-3-7-23(22)31(27)26(32)18-30(20-12-13-20)28(33)25-9-5-17-35-25/h2-11,14-17,20,27H,12-13,18H2,1H3. The van der Waals surface area contributed by atoms with Crippen molar-refractivity contribution in [2.75, 3.05) is 18.6 Å². The Morgan fingerprint density at radius 2 is 1.74 bits per heavy atom. The number of ether oxygens (including phenoxy) is 1. The maximum atomic E-state index is 14.1. The van der Waals surface area contributed by atoms with Gasteiger partial charge in [-0.05, 0) is 66.9 Å². The van der Waals surface area contributed by atoms with Crippen molar-refractivity contribution in [1.82, 2.24) is 9.47 Å². The first-order chi connectivity index (χ1) is 17.2. The highest BCUT2D eigenvalue weighted by molar-refractivity contribution is 6.02. The quantitative estimate of drug-likeness (QED) is 0.408. The lowest BCUT2D eigenvalue weighted by atomic mass is 9.97. The number of carbonyl (C=O) groups is 2. The van der Waals surface area contributed by atoms with Gasteiger partial charge in [0.15, 0.2) is 5.76 Å². The van der Waals surface area contributed by atoms with Gasteiger partial charge < -0.3 is 18.6 Å². The fourth-order valence-corrected chi connectivity index (χ4v) is 4.88. The largest absolute Gasteiger partial charge is 0.497 e. The topological polar surface area (TPSA) is 67.9 Å². The molecule has 1 unspecified atom stereocenters. The molecule has 176 valence electrons. The smallest absolute Gasteiger partial charge is 0.290 e. The van der Waals surface area contributed by atoms with Crippen LogP contribution in [0.25, 0.3) is 5.69 Å². The summed E-state index contributed by atoms with van der Waals surface area (Å²) in [5, 5.41) is 0. The molecule has 0 radical (unpaired) electrons. The Balaban J connectivity index is 1.42. The SMILES string of the molecule is COc1ccc(C2c3cccn3-c3ccccc3N2C(=O)CN(C(=O)c2ccco2)C2CC2)cc1. The van der Waals surface area contributed by atoms with Crippen LogP contribution in [-0.4, -0.2) is 41.0 Å². The Hall–Kier alpha value is -4.26. The molecule has 1 aliphatic heterocycles. The molecule has 3 heterocycles. The molecule has 0 spiro atoms. The number of anilines is 1. The van der Waals surface area contributed by atoms with E-state index in [4.69, 9.17) is 9.15 Å². The van der Waals surface area contributed by atoms with Crippen LogP contribution in [0.1, 0.15) is 40.7 Å². The number of rotatable bonds is 6. The van der Waals surface area contributed by atoms with Crippen LogP contribution < -0.4 is 9.64 Å². The Bertz CT molecular complexity index is 1370. The van der Waals surface area contributed by atoms with Gasteiger partial charge in [-0.2, -0.15) is 0 Å². The van der Waals surface area contributed by atoms with E-state index in [1.54, 1.807) is 24.1 Å². The number of carbonyl (C=O) groups excluding carboxylic acids is 2. The molecule has 2 aliphatic rings. The van der Waals surface area contributed by atoms with Crippen LogP contribution in [0.3, 0.4) is 0 Å². The van der Waals surface area contributed by atoms with E-state index >= 15 is 0 Å². The van der Waals surface area contributed by atoms with Crippen LogP contribution in [0.15, 0.2) is 89.7 Å². The molecule has 0 saturated heterocycles. The molecule has 6 rings (SSSR count). The predicted molar refractivity (Wildman–Crippen MR) is 131 cm³/mol. The highest BCUT2D eigenvalue weighted by atomic mass is 16.5. The minimum absolute atomic E-state index is 0.0219. The van der Waals surface area contributed by atoms with E-state index in [9.17, 15) is 9.59 Å². The predicted octanol–water partition coefficient (Wildman–Crippen LogP) is 4.82. The van der Waals surface area contributed by atoms with Crippen LogP contribution in [0, 0.1) is 0 Å². The van der Waals surface area contributed by atoms with Gasteiger partial charge in [-0.15, -0.1) is 0 Å². The van der Waals surface area contributed by atoms with Crippen LogP contribution >= 0.6 is 0 Å². The van der Waals surface area contributed by atoms with Gasteiger partial charge in [-0.3, -0.25) is 14.5 Å². The fraction of sp³-hybridized carbons (Fsp3) is 0.214. The number of nitrogens with zero attached hydrogens (tertiary/aromatic N) is 3. The second-order valence-corrected chi connectivity index (χ2v) is 8.87. The average Bonchev–Trinajstić information content (AvgIpc) is 3.36. The van der Waals surface area contributed by atoms with Gasteiger partial charge in [0.25, 0.3) is 5.91 Å². The van der Waals surface area contributed by atoms with Gasteiger partial charge in [0.2, 0.25) is 5.91 Å². The molecule has 7 heteroatoms. The number of furan rings is 1. The first-order valence-corrected chi connectivity index (χ1v) is 11.7. The highest BCUT2D eigenvalue weighted by Crippen LogP contribution is 2.43. The van der Waals surface area contributed by atoms with E-state index in [2.05, 4.69) is 4.57 Å². The van der Waals surface area contributed by atoms with Crippen molar-refractivity contribution in [3.63, 3.8) is 0 Å². The number of aromatic nitrogens is 1. The highest BCUT2D eigenvalue weighted by Gasteiger charge is 2.40. The lowest BCUT2D eigenvalue weighted by molar-refractivity contribution is -0.119. The summed E-state index contributed by atoms with van der Waals surface area (Å²) in [4.78, 5) is 30.7. The first kappa shape index (κ1) is 21.3. The fourth-order valence-electron chi connectivity index (χ4n) is 4.88. The number of hydrogen-bond acceptors (Lipinski definition) is 4. The van der Waals surface area contributed by atoms with Crippen molar-refractivity contribution in [2.45, 2.75) is 24.9 Å². The van der Waals surface area contributed by atoms with E-state index in [-0.39, 0.29) is 36.2 Å². The van der Waals surface area contributed by atoms with Gasteiger partial charge in [0.05, 0.1) is 30.4 Å². The van der Waals surface area contributed by atoms with Crippen molar-refractivity contribution in [3.8, 4) is 11.4 Å². The van der Waals surface area contributed by atoms with Crippen LogP contribution in [0.2, 0.25) is 0 Å². The normalized spacial score (nSPS) is 16.4. The zero-order valence-electron chi connectivity index (χ0n) is 19.3. The number of amides is 2. The van der Waals surface area contributed by atoms with E-state index in [0.717, 1.165) is 41.2 Å². The molecule has 1 saturated carbocycles. The Morgan fingerprint density at radius 1 is 0.971 bits per heavy atom. The molecule has 1 fully saturated rings. The molecule has 7 nitrogen and oxygen atoms in total. The second-order valence-electron chi connectivity index (χ2n) is 8.87. The van der Waals surface area contributed by atoms with Gasteiger partial charge in [-0.1, -0.05) is 24.3 Å². The molecule has 1 aliphatic carbocycles. The van der Waals surface area contributed by atoms with Crippen molar-refractivity contribution < 1.29 is 18.7 Å². The minimum Gasteiger partial charge on any atom is -0.497 e. The zero-order valence-corrected chi connectivity index (χ0v) is 19.3. The van der Waals surface area contributed by atoms with Crippen molar-refractivity contribution >= 4 is 17.5 Å². The van der Waals surface area contributed by atoms with Crippen LogP contribution in [0.5, 0.6) is 5.75 Å². The number of benzene rings is 2. The number of methoxy groups -OCH3 is 1. The van der Waals surface area contributed by atoms with Gasteiger partial charge in [-0.25, -0.2) is 0 Å². The molecule has 1 atom stereocenters. The average molecular weight is 468 g/mol. The third-order valence-electron chi connectivity index (χ3n) is 6.71. The molecule has 4 aromatic rings. The summed E-state index contributed by atoms with van der Waals surface area (Å²) in [6.45, 7) is -0.0219. The summed E-state index contributed by atoms with van der Waals surface area (Å²) < 4.78 is 12.8. The summed E-state index contributed by atoms with van der Waals surface area (Å²) in [6, 6.07) is 22.7. The van der Waals surface area contributed by atoms with E-state index in [0.29, 0.717) is 0 Å². The molecule has 0 bridgehead atoms. The van der Waals surface area contributed by atoms with Gasteiger partial charge >= 0.3 is 0 Å². The molecular formula is C28H25N3O4. The molecule has 0 N–H and O–H groups in total. The molecular weight excluding hydrogens is 442 g/mol. The first-order valence-electron chi connectivity index (χ1n) is 11.7. The maximum Gasteiger partial charge on any atom is 0.290 e. The molecule has 35 heavy (non-hydrogen) atoms. The Labute approximate surface area is 203 Å². The Kier molecular flexibility index (Phi) is 5.17. The van der Waals surface area contributed by atoms with Crippen LogP contribution in [-0.2, 0) is 4.79 Å². The third-order valence-corrected chi connectivity index (χ3v) is 6.71. The van der Waals surface area contributed by atoms with Crippen molar-refractivity contribution in [2.24, 2.45) is 0 Å². The third kappa shape index (κ3) is 3.69. The maximum absolute atomic E-state index is 14.1. The number of para-hydroxylation sites is 2. The van der Waals surface area contributed by atoms with Crippen LogP contribution in [0.4, 0.5) is 5.69 Å². The van der Waals surface area contributed by atoms with Crippen molar-refractivity contribution in [1.29, 1.82) is 0 Å². The molecule has 2 aromatic carbocycles. The van der Waals surface area contributed by atoms with E-state index in [1.807, 2.05) is 71.8 Å². The van der Waals surface area contributed by atoms with E-state index < -0.39 is 0 Å². The zero-order chi connectivity index (χ0) is 23.9. The monoisotopic (exact) mass is 467 g/mol. The Morgan fingerprint density at radius 3 is 2.43 bits per heavy atom. The molecule has 2 aromatic heterocycles. The summed E-state index contributed by atoms with van der Waals surface area (Å²) in [5.41, 5.74) is 3.69. The lowest BCUT2D eigenvalue weighted by Gasteiger charge is -2.39. The second kappa shape index (κ2) is 8.51. The lowest BCUT2D eigenvalue weighted by Crippen LogP contribution is -2.47. The number of hydrogen-bond donors (Lipinski definition) is 0. The summed E-state index contributed by atoms with van der Waals surface area (Å²) in [6.07, 6.45) is 5.28. The summed E-state index contributed by atoms with van der Waals surface area (Å²) >= 11 is 0. The molecule has 2 amide bonds. The van der Waals surface area contributed by atoms with Gasteiger partial charge in [0.1, 0.15) is 18.3 Å².